The molecule has 1 fully saturated rings. The SMILES string of the molecule is O=C(CSc1ccncc1)N1CCC(Oc2cnc3ccccc3n2)C1. The number of ether oxygens (including phenoxy) is 1. The van der Waals surface area contributed by atoms with Gasteiger partial charge in [-0.1, -0.05) is 12.1 Å². The summed E-state index contributed by atoms with van der Waals surface area (Å²) < 4.78 is 5.94. The molecule has 0 aliphatic carbocycles. The monoisotopic (exact) mass is 366 g/mol. The van der Waals surface area contributed by atoms with Crippen LogP contribution in [0, 0.1) is 0 Å². The van der Waals surface area contributed by atoms with Gasteiger partial charge in [-0.3, -0.25) is 9.78 Å². The number of amides is 1. The highest BCUT2D eigenvalue weighted by Gasteiger charge is 2.27. The summed E-state index contributed by atoms with van der Waals surface area (Å²) in [7, 11) is 0. The Balaban J connectivity index is 1.32. The van der Waals surface area contributed by atoms with Gasteiger partial charge in [0, 0.05) is 30.3 Å². The highest BCUT2D eigenvalue weighted by Crippen LogP contribution is 2.21. The lowest BCUT2D eigenvalue weighted by molar-refractivity contribution is -0.127. The summed E-state index contributed by atoms with van der Waals surface area (Å²) in [5.74, 6) is 1.06. The number of carbonyl (C=O) groups is 1. The molecular weight excluding hydrogens is 348 g/mol. The second kappa shape index (κ2) is 7.70. The smallest absolute Gasteiger partial charge is 0.233 e. The molecule has 2 aromatic heterocycles. The number of carbonyl (C=O) groups excluding carboxylic acids is 1. The number of nitrogens with zero attached hydrogens (tertiary/aromatic N) is 4. The van der Waals surface area contributed by atoms with E-state index in [1.807, 2.05) is 41.3 Å². The number of benzene rings is 1. The molecule has 0 radical (unpaired) electrons. The van der Waals surface area contributed by atoms with Crippen molar-refractivity contribution in [2.24, 2.45) is 0 Å². The molecule has 1 saturated heterocycles. The van der Waals surface area contributed by atoms with Gasteiger partial charge in [0.25, 0.3) is 0 Å². The molecule has 1 amide bonds. The van der Waals surface area contributed by atoms with Crippen LogP contribution in [0.1, 0.15) is 6.42 Å². The van der Waals surface area contributed by atoms with Crippen molar-refractivity contribution in [2.75, 3.05) is 18.8 Å². The van der Waals surface area contributed by atoms with Gasteiger partial charge in [-0.25, -0.2) is 9.97 Å². The number of pyridine rings is 1. The molecule has 26 heavy (non-hydrogen) atoms. The fourth-order valence-electron chi connectivity index (χ4n) is 2.89. The van der Waals surface area contributed by atoms with Crippen molar-refractivity contribution in [1.82, 2.24) is 19.9 Å². The minimum atomic E-state index is -0.0414. The van der Waals surface area contributed by atoms with Crippen LogP contribution < -0.4 is 4.74 Å². The molecule has 6 nitrogen and oxygen atoms in total. The van der Waals surface area contributed by atoms with Gasteiger partial charge in [-0.15, -0.1) is 11.8 Å². The zero-order chi connectivity index (χ0) is 17.8. The van der Waals surface area contributed by atoms with E-state index in [0.717, 1.165) is 22.3 Å². The lowest BCUT2D eigenvalue weighted by Crippen LogP contribution is -2.32. The summed E-state index contributed by atoms with van der Waals surface area (Å²) in [5, 5.41) is 0. The first-order chi connectivity index (χ1) is 12.8. The van der Waals surface area contributed by atoms with Crippen molar-refractivity contribution in [2.45, 2.75) is 17.4 Å². The molecule has 0 saturated carbocycles. The lowest BCUT2D eigenvalue weighted by atomic mass is 10.3. The third-order valence-corrected chi connectivity index (χ3v) is 5.22. The zero-order valence-corrected chi connectivity index (χ0v) is 14.9. The lowest BCUT2D eigenvalue weighted by Gasteiger charge is -2.16. The average Bonchev–Trinajstić information content (AvgIpc) is 3.15. The largest absolute Gasteiger partial charge is 0.471 e. The Kier molecular flexibility index (Phi) is 4.97. The topological polar surface area (TPSA) is 68.2 Å². The Morgan fingerprint density at radius 1 is 1.19 bits per heavy atom. The third kappa shape index (κ3) is 3.94. The highest BCUT2D eigenvalue weighted by molar-refractivity contribution is 8.00. The van der Waals surface area contributed by atoms with Gasteiger partial charge in [-0.2, -0.15) is 0 Å². The molecule has 0 spiro atoms. The molecule has 0 bridgehead atoms. The first-order valence-electron chi connectivity index (χ1n) is 8.47. The van der Waals surface area contributed by atoms with Crippen LogP contribution in [0.4, 0.5) is 0 Å². The Hall–Kier alpha value is -2.67. The Labute approximate surface area is 155 Å². The number of aromatic nitrogens is 3. The fraction of sp³-hybridized carbons (Fsp3) is 0.263. The summed E-state index contributed by atoms with van der Waals surface area (Å²) in [5.41, 5.74) is 1.65. The maximum absolute atomic E-state index is 12.4. The normalized spacial score (nSPS) is 16.8. The number of hydrogen-bond acceptors (Lipinski definition) is 6. The highest BCUT2D eigenvalue weighted by atomic mass is 32.2. The van der Waals surface area contributed by atoms with Crippen molar-refractivity contribution in [3.63, 3.8) is 0 Å². The summed E-state index contributed by atoms with van der Waals surface area (Å²) in [6, 6.07) is 11.5. The average molecular weight is 366 g/mol. The molecule has 0 N–H and O–H groups in total. The van der Waals surface area contributed by atoms with Crippen LogP contribution in [-0.2, 0) is 4.79 Å². The van der Waals surface area contributed by atoms with E-state index in [9.17, 15) is 4.79 Å². The second-order valence-corrected chi connectivity index (χ2v) is 7.09. The van der Waals surface area contributed by atoms with Crippen LogP contribution in [0.15, 0.2) is 59.9 Å². The van der Waals surface area contributed by atoms with E-state index < -0.39 is 0 Å². The van der Waals surface area contributed by atoms with E-state index in [2.05, 4.69) is 15.0 Å². The number of thioether (sulfide) groups is 1. The van der Waals surface area contributed by atoms with Crippen molar-refractivity contribution in [3.8, 4) is 5.88 Å². The summed E-state index contributed by atoms with van der Waals surface area (Å²) >= 11 is 1.53. The second-order valence-electron chi connectivity index (χ2n) is 6.04. The van der Waals surface area contributed by atoms with Crippen LogP contribution in [0.2, 0.25) is 0 Å². The van der Waals surface area contributed by atoms with Gasteiger partial charge < -0.3 is 9.64 Å². The van der Waals surface area contributed by atoms with E-state index in [0.29, 0.717) is 24.7 Å². The van der Waals surface area contributed by atoms with Crippen molar-refractivity contribution in [3.05, 3.63) is 55.0 Å². The molecule has 3 aromatic rings. The molecular formula is C19H18N4O2S. The fourth-order valence-corrected chi connectivity index (χ4v) is 3.68. The first-order valence-corrected chi connectivity index (χ1v) is 9.45. The summed E-state index contributed by atoms with van der Waals surface area (Å²) in [6.45, 7) is 1.30. The molecule has 7 heteroatoms. The maximum Gasteiger partial charge on any atom is 0.233 e. The molecule has 132 valence electrons. The molecule has 1 aromatic carbocycles. The Bertz CT molecular complexity index is 906. The molecule has 1 atom stereocenters. The Morgan fingerprint density at radius 3 is 2.85 bits per heavy atom. The summed E-state index contributed by atoms with van der Waals surface area (Å²) in [4.78, 5) is 28.1. The zero-order valence-electron chi connectivity index (χ0n) is 14.1. The van der Waals surface area contributed by atoms with Crippen LogP contribution in [0.3, 0.4) is 0 Å². The van der Waals surface area contributed by atoms with E-state index in [1.165, 1.54) is 11.8 Å². The van der Waals surface area contributed by atoms with Crippen molar-refractivity contribution < 1.29 is 9.53 Å². The first kappa shape index (κ1) is 16.8. The van der Waals surface area contributed by atoms with Gasteiger partial charge in [0.1, 0.15) is 6.10 Å². The number of likely N-dealkylation sites (tertiary alicyclic amines) is 1. The molecule has 1 aliphatic rings. The standard InChI is InChI=1S/C19H18N4O2S/c24-19(13-26-15-5-8-20-9-6-15)23-10-7-14(12-23)25-18-11-21-16-3-1-2-4-17(16)22-18/h1-6,8-9,11,14H,7,10,12-13H2. The maximum atomic E-state index is 12.4. The van der Waals surface area contributed by atoms with Gasteiger partial charge >= 0.3 is 0 Å². The Morgan fingerprint density at radius 2 is 2.00 bits per heavy atom. The van der Waals surface area contributed by atoms with Crippen LogP contribution in [-0.4, -0.2) is 50.7 Å². The number of fused-ring (bicyclic) bond motifs is 1. The van der Waals surface area contributed by atoms with Crippen LogP contribution >= 0.6 is 11.8 Å². The number of hydrogen-bond donors (Lipinski definition) is 0. The number of rotatable bonds is 5. The molecule has 1 aliphatic heterocycles. The van der Waals surface area contributed by atoms with Gasteiger partial charge in [0.15, 0.2) is 0 Å². The van der Waals surface area contributed by atoms with Gasteiger partial charge in [0.05, 0.1) is 29.5 Å². The minimum Gasteiger partial charge on any atom is -0.471 e. The third-order valence-electron chi connectivity index (χ3n) is 4.22. The van der Waals surface area contributed by atoms with E-state index >= 15 is 0 Å². The predicted molar refractivity (Wildman–Crippen MR) is 100 cm³/mol. The van der Waals surface area contributed by atoms with Crippen LogP contribution in [0.25, 0.3) is 11.0 Å². The number of para-hydroxylation sites is 2. The van der Waals surface area contributed by atoms with Gasteiger partial charge in [0.2, 0.25) is 11.8 Å². The van der Waals surface area contributed by atoms with Crippen molar-refractivity contribution >= 4 is 28.7 Å². The van der Waals surface area contributed by atoms with E-state index in [1.54, 1.807) is 18.6 Å². The molecule has 1 unspecified atom stereocenters. The molecule has 3 heterocycles. The minimum absolute atomic E-state index is 0.0414. The van der Waals surface area contributed by atoms with Crippen LogP contribution in [0.5, 0.6) is 5.88 Å². The van der Waals surface area contributed by atoms with Crippen molar-refractivity contribution in [1.29, 1.82) is 0 Å². The van der Waals surface area contributed by atoms with E-state index in [-0.39, 0.29) is 12.0 Å². The molecule has 4 rings (SSSR count). The predicted octanol–water partition coefficient (Wildman–Crippen LogP) is 2.80. The van der Waals surface area contributed by atoms with E-state index in [4.69, 9.17) is 4.74 Å². The quantitative estimate of drug-likeness (QED) is 0.647. The summed E-state index contributed by atoms with van der Waals surface area (Å²) in [6.07, 6.45) is 5.88. The van der Waals surface area contributed by atoms with Gasteiger partial charge in [-0.05, 0) is 24.3 Å².